The lowest BCUT2D eigenvalue weighted by Gasteiger charge is -2.14. The molecule has 19 heavy (non-hydrogen) atoms. The lowest BCUT2D eigenvalue weighted by molar-refractivity contribution is -0.139. The third kappa shape index (κ3) is 9.47. The number of carbonyl (C=O) groups excluding carboxylic acids is 2. The predicted octanol–water partition coefficient (Wildman–Crippen LogP) is -0.192. The van der Waals surface area contributed by atoms with Gasteiger partial charge in [0, 0.05) is 19.4 Å². The third-order valence-corrected chi connectivity index (χ3v) is 2.32. The SMILES string of the molecule is C#CCCCCNC(=O)NC(CCC(N)=O)C(=O)O. The fraction of sp³-hybridized carbons (Fsp3) is 0.583. The van der Waals surface area contributed by atoms with Gasteiger partial charge in [-0.3, -0.25) is 4.79 Å². The fourth-order valence-electron chi connectivity index (χ4n) is 1.31. The zero-order chi connectivity index (χ0) is 14.7. The highest BCUT2D eigenvalue weighted by Crippen LogP contribution is 1.97. The molecule has 0 radical (unpaired) electrons. The van der Waals surface area contributed by atoms with Crippen LogP contribution in [0.1, 0.15) is 32.1 Å². The molecule has 0 saturated carbocycles. The van der Waals surface area contributed by atoms with Gasteiger partial charge in [-0.05, 0) is 19.3 Å². The first-order chi connectivity index (χ1) is 8.97. The summed E-state index contributed by atoms with van der Waals surface area (Å²) < 4.78 is 0. The van der Waals surface area contributed by atoms with Crippen LogP contribution in [0, 0.1) is 12.3 Å². The summed E-state index contributed by atoms with van der Waals surface area (Å²) in [7, 11) is 0. The average molecular weight is 269 g/mol. The molecular formula is C12H19N3O4. The smallest absolute Gasteiger partial charge is 0.326 e. The average Bonchev–Trinajstić information content (AvgIpc) is 2.33. The zero-order valence-electron chi connectivity index (χ0n) is 10.6. The van der Waals surface area contributed by atoms with Crippen LogP contribution in [0.15, 0.2) is 0 Å². The van der Waals surface area contributed by atoms with Crippen molar-refractivity contribution in [3.05, 3.63) is 0 Å². The largest absolute Gasteiger partial charge is 0.480 e. The molecule has 0 fully saturated rings. The summed E-state index contributed by atoms with van der Waals surface area (Å²) in [5, 5.41) is 13.6. The predicted molar refractivity (Wildman–Crippen MR) is 69.1 cm³/mol. The first kappa shape index (κ1) is 16.8. The molecule has 0 heterocycles. The van der Waals surface area contributed by atoms with Gasteiger partial charge in [0.15, 0.2) is 0 Å². The van der Waals surface area contributed by atoms with Gasteiger partial charge in [0.1, 0.15) is 6.04 Å². The Morgan fingerprint density at radius 3 is 2.53 bits per heavy atom. The maximum Gasteiger partial charge on any atom is 0.326 e. The number of urea groups is 1. The lowest BCUT2D eigenvalue weighted by Crippen LogP contribution is -2.46. The van der Waals surface area contributed by atoms with Gasteiger partial charge in [-0.1, -0.05) is 0 Å². The van der Waals surface area contributed by atoms with Crippen LogP contribution < -0.4 is 16.4 Å². The number of hydrogen-bond acceptors (Lipinski definition) is 3. The van der Waals surface area contributed by atoms with Crippen LogP contribution in [0.2, 0.25) is 0 Å². The second kappa shape index (κ2) is 9.76. The normalized spacial score (nSPS) is 11.1. The Bertz CT molecular complexity index is 362. The van der Waals surface area contributed by atoms with E-state index in [0.717, 1.165) is 12.8 Å². The van der Waals surface area contributed by atoms with E-state index in [4.69, 9.17) is 17.3 Å². The zero-order valence-corrected chi connectivity index (χ0v) is 10.6. The van der Waals surface area contributed by atoms with Crippen molar-refractivity contribution in [2.24, 2.45) is 5.73 Å². The molecular weight excluding hydrogens is 250 g/mol. The van der Waals surface area contributed by atoms with Gasteiger partial charge in [-0.15, -0.1) is 12.3 Å². The van der Waals surface area contributed by atoms with Crippen molar-refractivity contribution in [2.75, 3.05) is 6.54 Å². The first-order valence-corrected chi connectivity index (χ1v) is 5.96. The third-order valence-electron chi connectivity index (χ3n) is 2.32. The van der Waals surface area contributed by atoms with Gasteiger partial charge in [0.25, 0.3) is 0 Å². The van der Waals surface area contributed by atoms with Crippen molar-refractivity contribution < 1.29 is 19.5 Å². The standard InChI is InChI=1S/C12H19N3O4/c1-2-3-4-5-8-14-12(19)15-9(11(17)18)6-7-10(13)16/h1,9H,3-8H2,(H2,13,16)(H,17,18)(H2,14,15,19). The topological polar surface area (TPSA) is 122 Å². The van der Waals surface area contributed by atoms with Crippen LogP contribution in [0.3, 0.4) is 0 Å². The maximum atomic E-state index is 11.4. The second-order valence-corrected chi connectivity index (χ2v) is 3.96. The summed E-state index contributed by atoms with van der Waals surface area (Å²) in [6.45, 7) is 0.412. The van der Waals surface area contributed by atoms with Crippen molar-refractivity contribution in [1.82, 2.24) is 10.6 Å². The molecule has 0 aliphatic rings. The Labute approximate surface area is 111 Å². The van der Waals surface area contributed by atoms with Crippen LogP contribution >= 0.6 is 0 Å². The molecule has 0 aliphatic carbocycles. The van der Waals surface area contributed by atoms with Gasteiger partial charge in [-0.25, -0.2) is 9.59 Å². The van der Waals surface area contributed by atoms with Crippen LogP contribution in [-0.4, -0.2) is 35.6 Å². The van der Waals surface area contributed by atoms with Gasteiger partial charge in [0.05, 0.1) is 0 Å². The van der Waals surface area contributed by atoms with Crippen molar-refractivity contribution in [3.63, 3.8) is 0 Å². The Morgan fingerprint density at radius 1 is 1.32 bits per heavy atom. The molecule has 0 rings (SSSR count). The van der Waals surface area contributed by atoms with Crippen LogP contribution in [-0.2, 0) is 9.59 Å². The van der Waals surface area contributed by atoms with E-state index in [1.54, 1.807) is 0 Å². The highest BCUT2D eigenvalue weighted by atomic mass is 16.4. The van der Waals surface area contributed by atoms with E-state index < -0.39 is 23.9 Å². The minimum absolute atomic E-state index is 0.0326. The van der Waals surface area contributed by atoms with Gasteiger partial charge in [0.2, 0.25) is 5.91 Å². The van der Waals surface area contributed by atoms with Gasteiger partial charge >= 0.3 is 12.0 Å². The minimum Gasteiger partial charge on any atom is -0.480 e. The van der Waals surface area contributed by atoms with Crippen molar-refractivity contribution in [2.45, 2.75) is 38.1 Å². The summed E-state index contributed by atoms with van der Waals surface area (Å²) in [6.07, 6.45) is 7.09. The Kier molecular flexibility index (Phi) is 8.62. The fourth-order valence-corrected chi connectivity index (χ4v) is 1.31. The Hall–Kier alpha value is -2.23. The molecule has 1 unspecified atom stereocenters. The number of nitrogens with two attached hydrogens (primary N) is 1. The van der Waals surface area contributed by atoms with E-state index in [9.17, 15) is 14.4 Å². The number of carbonyl (C=O) groups is 3. The number of terminal acetylenes is 1. The van der Waals surface area contributed by atoms with E-state index in [-0.39, 0.29) is 12.8 Å². The summed E-state index contributed by atoms with van der Waals surface area (Å²) in [4.78, 5) is 32.8. The van der Waals surface area contributed by atoms with Crippen molar-refractivity contribution in [3.8, 4) is 12.3 Å². The van der Waals surface area contributed by atoms with Crippen LogP contribution in [0.5, 0.6) is 0 Å². The number of aliphatic carboxylic acids is 1. The highest BCUT2D eigenvalue weighted by molar-refractivity contribution is 5.83. The van der Waals surface area contributed by atoms with E-state index in [0.29, 0.717) is 13.0 Å². The molecule has 0 aromatic carbocycles. The Morgan fingerprint density at radius 2 is 2.00 bits per heavy atom. The quantitative estimate of drug-likeness (QED) is 0.342. The molecule has 0 aliphatic heterocycles. The molecule has 0 saturated heterocycles. The molecule has 3 amide bonds. The molecule has 5 N–H and O–H groups in total. The molecule has 7 nitrogen and oxygen atoms in total. The maximum absolute atomic E-state index is 11.4. The summed E-state index contributed by atoms with van der Waals surface area (Å²) in [6, 6.07) is -1.71. The molecule has 106 valence electrons. The molecule has 0 spiro atoms. The molecule has 7 heteroatoms. The monoisotopic (exact) mass is 269 g/mol. The first-order valence-electron chi connectivity index (χ1n) is 5.96. The van der Waals surface area contributed by atoms with Crippen molar-refractivity contribution >= 4 is 17.9 Å². The van der Waals surface area contributed by atoms with Gasteiger partial charge in [-0.2, -0.15) is 0 Å². The number of unbranched alkanes of at least 4 members (excludes halogenated alkanes) is 2. The Balaban J connectivity index is 3.94. The number of primary amides is 1. The lowest BCUT2D eigenvalue weighted by atomic mass is 10.1. The van der Waals surface area contributed by atoms with E-state index in [1.165, 1.54) is 0 Å². The number of hydrogen-bond donors (Lipinski definition) is 4. The number of nitrogens with one attached hydrogen (secondary N) is 2. The van der Waals surface area contributed by atoms with Crippen LogP contribution in [0.25, 0.3) is 0 Å². The molecule has 0 aromatic rings. The summed E-state index contributed by atoms with van der Waals surface area (Å²) in [5.41, 5.74) is 4.92. The summed E-state index contributed by atoms with van der Waals surface area (Å²) in [5.74, 6) is 0.667. The number of carboxylic acid groups (broad SMARTS) is 1. The van der Waals surface area contributed by atoms with E-state index in [2.05, 4.69) is 16.6 Å². The van der Waals surface area contributed by atoms with Gasteiger partial charge < -0.3 is 21.5 Å². The molecule has 1 atom stereocenters. The number of rotatable bonds is 9. The number of carboxylic acids is 1. The van der Waals surface area contributed by atoms with Crippen molar-refractivity contribution in [1.29, 1.82) is 0 Å². The van der Waals surface area contributed by atoms with Crippen LogP contribution in [0.4, 0.5) is 4.79 Å². The molecule has 0 aromatic heterocycles. The minimum atomic E-state index is -1.20. The second-order valence-electron chi connectivity index (χ2n) is 3.96. The van der Waals surface area contributed by atoms with E-state index in [1.807, 2.05) is 0 Å². The molecule has 0 bridgehead atoms. The highest BCUT2D eigenvalue weighted by Gasteiger charge is 2.20. The number of amides is 3. The summed E-state index contributed by atoms with van der Waals surface area (Å²) >= 11 is 0. The van der Waals surface area contributed by atoms with E-state index >= 15 is 0 Å².